The highest BCUT2D eigenvalue weighted by molar-refractivity contribution is 7.89. The zero-order chi connectivity index (χ0) is 22.2. The van der Waals surface area contributed by atoms with Gasteiger partial charge in [-0.1, -0.05) is 6.07 Å². The lowest BCUT2D eigenvalue weighted by atomic mass is 10.1. The van der Waals surface area contributed by atoms with Gasteiger partial charge in [-0.15, -0.1) is 0 Å². The summed E-state index contributed by atoms with van der Waals surface area (Å²) in [6.45, 7) is 2.27. The Balaban J connectivity index is 1.44. The number of fused-ring (bicyclic) bond motifs is 1. The molecule has 1 saturated carbocycles. The molecule has 0 bridgehead atoms. The first kappa shape index (κ1) is 21.6. The summed E-state index contributed by atoms with van der Waals surface area (Å²) in [5, 5.41) is 0. The van der Waals surface area contributed by atoms with Crippen LogP contribution in [-0.2, 0) is 27.7 Å². The first-order valence-electron chi connectivity index (χ1n) is 10.5. The molecule has 7 nitrogen and oxygen atoms in total. The molecule has 2 aromatic carbocycles. The number of carbonyl (C=O) groups excluding carboxylic acids is 1. The standard InChI is InChI=1S/C23H28N2O5S/c1-15-12-18-14-19(7-8-20(18)25(15)23(26)17-5-6-17)31(27,28)24-11-10-16-4-9-21(29-2)22(13-16)30-3/h4,7-9,13-15,17,24H,5-6,10-12H2,1-3H3/t15-/m1/s1. The molecule has 1 N–H and O–H groups in total. The fraction of sp³-hybridized carbons (Fsp3) is 0.435. The van der Waals surface area contributed by atoms with Gasteiger partial charge in [0.2, 0.25) is 15.9 Å². The van der Waals surface area contributed by atoms with Crippen LogP contribution in [0.25, 0.3) is 0 Å². The third-order valence-corrected chi connectivity index (χ3v) is 7.35. The summed E-state index contributed by atoms with van der Waals surface area (Å²) in [6.07, 6.45) is 3.09. The van der Waals surface area contributed by atoms with Crippen molar-refractivity contribution in [2.75, 3.05) is 25.7 Å². The van der Waals surface area contributed by atoms with E-state index >= 15 is 0 Å². The Labute approximate surface area is 183 Å². The number of methoxy groups -OCH3 is 2. The van der Waals surface area contributed by atoms with Gasteiger partial charge in [-0.25, -0.2) is 13.1 Å². The lowest BCUT2D eigenvalue weighted by molar-refractivity contribution is -0.120. The molecule has 0 spiro atoms. The van der Waals surface area contributed by atoms with Gasteiger partial charge in [0.15, 0.2) is 11.5 Å². The van der Waals surface area contributed by atoms with Crippen LogP contribution in [0.4, 0.5) is 5.69 Å². The number of hydrogen-bond acceptors (Lipinski definition) is 5. The SMILES string of the molecule is COc1ccc(CCNS(=O)(=O)c2ccc3c(c2)C[C@@H](C)N3C(=O)C2CC2)cc1OC. The first-order chi connectivity index (χ1) is 14.8. The fourth-order valence-electron chi connectivity index (χ4n) is 4.09. The highest BCUT2D eigenvalue weighted by Crippen LogP contribution is 2.39. The van der Waals surface area contributed by atoms with Crippen molar-refractivity contribution < 1.29 is 22.7 Å². The Hall–Kier alpha value is -2.58. The quantitative estimate of drug-likeness (QED) is 0.677. The molecule has 31 heavy (non-hydrogen) atoms. The number of anilines is 1. The Bertz CT molecular complexity index is 1100. The average Bonchev–Trinajstić information content (AvgIpc) is 3.55. The van der Waals surface area contributed by atoms with Crippen LogP contribution in [0.5, 0.6) is 11.5 Å². The number of hydrogen-bond donors (Lipinski definition) is 1. The van der Waals surface area contributed by atoms with E-state index in [9.17, 15) is 13.2 Å². The fourth-order valence-corrected chi connectivity index (χ4v) is 5.17. The van der Waals surface area contributed by atoms with Crippen LogP contribution >= 0.6 is 0 Å². The van der Waals surface area contributed by atoms with Gasteiger partial charge in [0.1, 0.15) is 0 Å². The van der Waals surface area contributed by atoms with Crippen molar-refractivity contribution >= 4 is 21.6 Å². The van der Waals surface area contributed by atoms with Crippen LogP contribution < -0.4 is 19.1 Å². The molecule has 166 valence electrons. The first-order valence-corrected chi connectivity index (χ1v) is 12.0. The molecular weight excluding hydrogens is 416 g/mol. The van der Waals surface area contributed by atoms with E-state index in [1.165, 1.54) is 0 Å². The monoisotopic (exact) mass is 444 g/mol. The molecule has 4 rings (SSSR count). The van der Waals surface area contributed by atoms with Crippen molar-refractivity contribution in [2.24, 2.45) is 5.92 Å². The third kappa shape index (κ3) is 4.41. The van der Waals surface area contributed by atoms with E-state index in [2.05, 4.69) is 4.72 Å². The summed E-state index contributed by atoms with van der Waals surface area (Å²) in [7, 11) is -0.508. The van der Waals surface area contributed by atoms with Crippen molar-refractivity contribution in [2.45, 2.75) is 43.5 Å². The Morgan fingerprint density at radius 3 is 2.52 bits per heavy atom. The van der Waals surface area contributed by atoms with Crippen LogP contribution in [0.15, 0.2) is 41.3 Å². The number of carbonyl (C=O) groups is 1. The van der Waals surface area contributed by atoms with Crippen LogP contribution in [0.1, 0.15) is 30.9 Å². The van der Waals surface area contributed by atoms with Crippen molar-refractivity contribution in [3.8, 4) is 11.5 Å². The van der Waals surface area contributed by atoms with Gasteiger partial charge in [0.05, 0.1) is 19.1 Å². The number of nitrogens with one attached hydrogen (secondary N) is 1. The molecule has 8 heteroatoms. The van der Waals surface area contributed by atoms with Crippen molar-refractivity contribution in [1.82, 2.24) is 4.72 Å². The van der Waals surface area contributed by atoms with Crippen molar-refractivity contribution in [3.63, 3.8) is 0 Å². The van der Waals surface area contributed by atoms with Crippen molar-refractivity contribution in [3.05, 3.63) is 47.5 Å². The number of nitrogens with zero attached hydrogens (tertiary/aromatic N) is 1. The van der Waals surface area contributed by atoms with Gasteiger partial charge in [-0.05, 0) is 74.1 Å². The van der Waals surface area contributed by atoms with Crippen LogP contribution in [0.2, 0.25) is 0 Å². The van der Waals surface area contributed by atoms with E-state index in [-0.39, 0.29) is 29.3 Å². The Morgan fingerprint density at radius 2 is 1.84 bits per heavy atom. The largest absolute Gasteiger partial charge is 0.493 e. The molecule has 2 aliphatic rings. The molecule has 1 atom stereocenters. The maximum Gasteiger partial charge on any atom is 0.240 e. The molecule has 1 heterocycles. The molecule has 0 unspecified atom stereocenters. The summed E-state index contributed by atoms with van der Waals surface area (Å²) < 4.78 is 38.8. The zero-order valence-electron chi connectivity index (χ0n) is 18.1. The normalized spacial score (nSPS) is 18.0. The summed E-state index contributed by atoms with van der Waals surface area (Å²) in [5.41, 5.74) is 2.69. The molecule has 0 radical (unpaired) electrons. The minimum Gasteiger partial charge on any atom is -0.493 e. The van der Waals surface area contributed by atoms with E-state index in [0.29, 0.717) is 24.3 Å². The third-order valence-electron chi connectivity index (χ3n) is 5.89. The van der Waals surface area contributed by atoms with E-state index < -0.39 is 10.0 Å². The van der Waals surface area contributed by atoms with E-state index in [4.69, 9.17) is 9.47 Å². The molecule has 1 amide bonds. The predicted octanol–water partition coefficient (Wildman–Crippen LogP) is 2.91. The maximum absolute atomic E-state index is 12.8. The number of ether oxygens (including phenoxy) is 2. The molecule has 1 fully saturated rings. The molecular formula is C23H28N2O5S. The van der Waals surface area contributed by atoms with Crippen LogP contribution in [-0.4, -0.2) is 41.1 Å². The van der Waals surface area contributed by atoms with Gasteiger partial charge < -0.3 is 14.4 Å². The summed E-state index contributed by atoms with van der Waals surface area (Å²) in [4.78, 5) is 14.7. The van der Waals surface area contributed by atoms with E-state index in [0.717, 1.165) is 29.7 Å². The van der Waals surface area contributed by atoms with Crippen LogP contribution in [0, 0.1) is 5.92 Å². The smallest absolute Gasteiger partial charge is 0.240 e. The molecule has 2 aromatic rings. The predicted molar refractivity (Wildman–Crippen MR) is 118 cm³/mol. The zero-order valence-corrected chi connectivity index (χ0v) is 18.9. The average molecular weight is 445 g/mol. The van der Waals surface area contributed by atoms with Gasteiger partial charge in [-0.3, -0.25) is 4.79 Å². The lowest BCUT2D eigenvalue weighted by Crippen LogP contribution is -2.36. The summed E-state index contributed by atoms with van der Waals surface area (Å²) >= 11 is 0. The van der Waals surface area contributed by atoms with Gasteiger partial charge in [0.25, 0.3) is 0 Å². The molecule has 1 aliphatic carbocycles. The second-order valence-electron chi connectivity index (χ2n) is 8.16. The molecule has 0 aromatic heterocycles. The van der Waals surface area contributed by atoms with E-state index in [1.54, 1.807) is 38.5 Å². The summed E-state index contributed by atoms with van der Waals surface area (Å²) in [5.74, 6) is 1.54. The highest BCUT2D eigenvalue weighted by atomic mass is 32.2. The van der Waals surface area contributed by atoms with Gasteiger partial charge >= 0.3 is 0 Å². The van der Waals surface area contributed by atoms with Gasteiger partial charge in [0, 0.05) is 24.2 Å². The number of amides is 1. The maximum atomic E-state index is 12.8. The second kappa shape index (κ2) is 8.51. The van der Waals surface area contributed by atoms with Crippen LogP contribution in [0.3, 0.4) is 0 Å². The Morgan fingerprint density at radius 1 is 1.10 bits per heavy atom. The molecule has 0 saturated heterocycles. The lowest BCUT2D eigenvalue weighted by Gasteiger charge is -2.22. The number of benzene rings is 2. The van der Waals surface area contributed by atoms with Crippen molar-refractivity contribution in [1.29, 1.82) is 0 Å². The second-order valence-corrected chi connectivity index (χ2v) is 9.93. The number of rotatable bonds is 8. The highest BCUT2D eigenvalue weighted by Gasteiger charge is 2.39. The minimum atomic E-state index is -3.65. The molecule has 1 aliphatic heterocycles. The number of sulfonamides is 1. The summed E-state index contributed by atoms with van der Waals surface area (Å²) in [6, 6.07) is 10.6. The minimum absolute atomic E-state index is 0.0547. The Kier molecular flexibility index (Phi) is 5.94. The van der Waals surface area contributed by atoms with E-state index in [1.807, 2.05) is 24.0 Å². The van der Waals surface area contributed by atoms with Gasteiger partial charge in [-0.2, -0.15) is 0 Å². The topological polar surface area (TPSA) is 84.9 Å².